The van der Waals surface area contributed by atoms with E-state index >= 15 is 0 Å². The molecule has 2 aromatic rings. The van der Waals surface area contributed by atoms with Crippen molar-refractivity contribution in [1.82, 2.24) is 10.8 Å². The first-order valence-corrected chi connectivity index (χ1v) is 9.09. The summed E-state index contributed by atoms with van der Waals surface area (Å²) in [5.74, 6) is 9.18. The second-order valence-electron chi connectivity index (χ2n) is 7.13. The van der Waals surface area contributed by atoms with Crippen LogP contribution in [0.5, 0.6) is 5.75 Å². The fourth-order valence-electron chi connectivity index (χ4n) is 2.45. The second-order valence-corrected chi connectivity index (χ2v) is 7.13. The molecule has 2 amide bonds. The van der Waals surface area contributed by atoms with Crippen molar-refractivity contribution in [3.63, 3.8) is 0 Å². The summed E-state index contributed by atoms with van der Waals surface area (Å²) in [4.78, 5) is 24.2. The Kier molecular flexibility index (Phi) is 7.73. The number of alkyl halides is 2. The lowest BCUT2D eigenvalue weighted by Gasteiger charge is -2.32. The van der Waals surface area contributed by atoms with Crippen LogP contribution in [0.25, 0.3) is 0 Å². The van der Waals surface area contributed by atoms with Crippen molar-refractivity contribution in [3.05, 3.63) is 65.2 Å². The molecule has 31 heavy (non-hydrogen) atoms. The number of hydrogen-bond donors (Lipinski definition) is 4. The first-order chi connectivity index (χ1) is 14.6. The van der Waals surface area contributed by atoms with E-state index in [1.165, 1.54) is 29.7 Å². The summed E-state index contributed by atoms with van der Waals surface area (Å²) in [7, 11) is 0. The fraction of sp³-hybridized carbons (Fsp3) is 0.217. The van der Waals surface area contributed by atoms with Gasteiger partial charge in [0, 0.05) is 16.7 Å². The third kappa shape index (κ3) is 6.30. The zero-order valence-corrected chi connectivity index (χ0v) is 16.7. The summed E-state index contributed by atoms with van der Waals surface area (Å²) >= 11 is 0. The molecule has 0 aliphatic rings. The Balaban J connectivity index is 2.10. The smallest absolute Gasteiger partial charge is 0.266 e. The van der Waals surface area contributed by atoms with Gasteiger partial charge in [-0.2, -0.15) is 0 Å². The summed E-state index contributed by atoms with van der Waals surface area (Å²) in [6.45, 7) is 2.21. The lowest BCUT2D eigenvalue weighted by atomic mass is 9.84. The minimum Gasteiger partial charge on any atom is -0.508 e. The lowest BCUT2D eigenvalue weighted by Crippen LogP contribution is -2.56. The van der Waals surface area contributed by atoms with Crippen LogP contribution in [0.3, 0.4) is 0 Å². The number of nitrogens with one attached hydrogen (secondary N) is 2. The molecule has 0 aromatic heterocycles. The molecule has 0 saturated carbocycles. The van der Waals surface area contributed by atoms with E-state index in [1.54, 1.807) is 24.3 Å². The largest absolute Gasteiger partial charge is 0.508 e. The van der Waals surface area contributed by atoms with Crippen molar-refractivity contribution < 1.29 is 28.7 Å². The van der Waals surface area contributed by atoms with Gasteiger partial charge in [0.2, 0.25) is 6.43 Å². The Hall–Kier alpha value is -3.88. The number of halogens is 2. The van der Waals surface area contributed by atoms with Gasteiger partial charge in [-0.05, 0) is 60.4 Å². The van der Waals surface area contributed by atoms with Crippen LogP contribution >= 0.6 is 0 Å². The highest BCUT2D eigenvalue weighted by Crippen LogP contribution is 2.29. The number of phenols is 1. The fourth-order valence-corrected chi connectivity index (χ4v) is 2.45. The summed E-state index contributed by atoms with van der Waals surface area (Å²) in [5, 5.41) is 20.3. The summed E-state index contributed by atoms with van der Waals surface area (Å²) in [6, 6.07) is 10.6. The van der Waals surface area contributed by atoms with Gasteiger partial charge in [0.25, 0.3) is 11.8 Å². The Morgan fingerprint density at radius 1 is 0.935 bits per heavy atom. The van der Waals surface area contributed by atoms with E-state index in [1.807, 2.05) is 0 Å². The number of hydroxylamine groups is 1. The van der Waals surface area contributed by atoms with Crippen LogP contribution in [0.1, 0.15) is 35.3 Å². The summed E-state index contributed by atoms with van der Waals surface area (Å²) in [5.41, 5.74) is 0.770. The van der Waals surface area contributed by atoms with Crippen molar-refractivity contribution in [1.29, 1.82) is 0 Å². The van der Waals surface area contributed by atoms with Gasteiger partial charge in [-0.15, -0.1) is 0 Å². The molecule has 8 heteroatoms. The van der Waals surface area contributed by atoms with Gasteiger partial charge in [0.15, 0.2) is 0 Å². The highest BCUT2D eigenvalue weighted by Gasteiger charge is 2.43. The van der Waals surface area contributed by atoms with Crippen LogP contribution in [0.4, 0.5) is 8.78 Å². The third-order valence-electron chi connectivity index (χ3n) is 4.44. The van der Waals surface area contributed by atoms with Gasteiger partial charge in [0.1, 0.15) is 11.8 Å². The second kappa shape index (κ2) is 10.2. The molecule has 6 nitrogen and oxygen atoms in total. The predicted molar refractivity (Wildman–Crippen MR) is 109 cm³/mol. The molecular formula is C23H20F2N2O4. The molecule has 0 radical (unpaired) electrons. The van der Waals surface area contributed by atoms with Crippen molar-refractivity contribution in [2.24, 2.45) is 5.41 Å². The minimum absolute atomic E-state index is 0.126. The quantitative estimate of drug-likeness (QED) is 0.336. The van der Waals surface area contributed by atoms with Crippen molar-refractivity contribution in [2.75, 3.05) is 0 Å². The van der Waals surface area contributed by atoms with Gasteiger partial charge in [0.05, 0.1) is 5.41 Å². The SMILES string of the molecule is CC(C)(C(F)F)[C@H](NC(=O)c1ccc(C#CC#Cc2ccc(O)cc2)cc1)C(=O)NO. The molecular weight excluding hydrogens is 406 g/mol. The molecule has 0 aliphatic heterocycles. The van der Waals surface area contributed by atoms with Crippen LogP contribution < -0.4 is 10.8 Å². The maximum absolute atomic E-state index is 13.3. The van der Waals surface area contributed by atoms with Crippen LogP contribution in [0, 0.1) is 29.1 Å². The third-order valence-corrected chi connectivity index (χ3v) is 4.44. The number of carbonyl (C=O) groups is 2. The molecule has 0 spiro atoms. The Bertz CT molecular complexity index is 1060. The minimum atomic E-state index is -2.92. The zero-order chi connectivity index (χ0) is 23.0. The molecule has 2 rings (SSSR count). The maximum atomic E-state index is 13.3. The molecule has 4 N–H and O–H groups in total. The number of benzene rings is 2. The molecule has 2 aromatic carbocycles. The van der Waals surface area contributed by atoms with E-state index in [4.69, 9.17) is 5.21 Å². The van der Waals surface area contributed by atoms with Gasteiger partial charge < -0.3 is 10.4 Å². The predicted octanol–water partition coefficient (Wildman–Crippen LogP) is 2.69. The average Bonchev–Trinajstić information content (AvgIpc) is 2.75. The monoisotopic (exact) mass is 426 g/mol. The topological polar surface area (TPSA) is 98.7 Å². The van der Waals surface area contributed by atoms with Crippen molar-refractivity contribution >= 4 is 11.8 Å². The van der Waals surface area contributed by atoms with E-state index in [9.17, 15) is 23.5 Å². The number of amides is 2. The van der Waals surface area contributed by atoms with Gasteiger partial charge in [-0.1, -0.05) is 25.7 Å². The highest BCUT2D eigenvalue weighted by molar-refractivity contribution is 5.97. The lowest BCUT2D eigenvalue weighted by molar-refractivity contribution is -0.137. The van der Waals surface area contributed by atoms with Crippen LogP contribution in [0.2, 0.25) is 0 Å². The van der Waals surface area contributed by atoms with Crippen LogP contribution in [-0.4, -0.2) is 34.6 Å². The average molecular weight is 426 g/mol. The number of aromatic hydroxyl groups is 1. The maximum Gasteiger partial charge on any atom is 0.266 e. The van der Waals surface area contributed by atoms with E-state index < -0.39 is 29.7 Å². The molecule has 0 fully saturated rings. The molecule has 0 heterocycles. The first kappa shape index (κ1) is 23.4. The molecule has 160 valence electrons. The first-order valence-electron chi connectivity index (χ1n) is 9.09. The van der Waals surface area contributed by atoms with Crippen molar-refractivity contribution in [3.8, 4) is 29.4 Å². The normalized spacial score (nSPS) is 11.4. The van der Waals surface area contributed by atoms with Crippen molar-refractivity contribution in [2.45, 2.75) is 26.3 Å². The molecule has 0 unspecified atom stereocenters. The number of carbonyl (C=O) groups excluding carboxylic acids is 2. The van der Waals surface area contributed by atoms with Gasteiger partial charge in [-0.3, -0.25) is 14.8 Å². The van der Waals surface area contributed by atoms with E-state index in [-0.39, 0.29) is 11.3 Å². The summed E-state index contributed by atoms with van der Waals surface area (Å²) < 4.78 is 26.6. The van der Waals surface area contributed by atoms with E-state index in [0.29, 0.717) is 11.1 Å². The standard InChI is InChI=1S/C23H20F2N2O4/c1-23(2,22(24)25)19(21(30)27-31)26-20(29)17-11-7-15(8-12-17)5-3-4-6-16-9-13-18(28)14-10-16/h7-14,19,22,28,31H,1-2H3,(H,26,29)(H,27,30)/t19-/m1/s1. The van der Waals surface area contributed by atoms with Gasteiger partial charge >= 0.3 is 0 Å². The molecule has 0 aliphatic carbocycles. The Morgan fingerprint density at radius 3 is 1.87 bits per heavy atom. The zero-order valence-electron chi connectivity index (χ0n) is 16.7. The van der Waals surface area contributed by atoms with Crippen LogP contribution in [-0.2, 0) is 4.79 Å². The molecule has 1 atom stereocenters. The molecule has 0 bridgehead atoms. The Labute approximate surface area is 178 Å². The number of hydrogen-bond acceptors (Lipinski definition) is 4. The van der Waals surface area contributed by atoms with Gasteiger partial charge in [-0.25, -0.2) is 14.3 Å². The van der Waals surface area contributed by atoms with Crippen LogP contribution in [0.15, 0.2) is 48.5 Å². The summed E-state index contributed by atoms with van der Waals surface area (Å²) in [6.07, 6.45) is -2.92. The number of phenolic OH excluding ortho intramolecular Hbond substituents is 1. The molecule has 0 saturated heterocycles. The van der Waals surface area contributed by atoms with E-state index in [0.717, 1.165) is 13.8 Å². The highest BCUT2D eigenvalue weighted by atomic mass is 19.3. The number of rotatable bonds is 5. The van der Waals surface area contributed by atoms with E-state index in [2.05, 4.69) is 29.0 Å². The Morgan fingerprint density at radius 2 is 1.42 bits per heavy atom.